The predicted octanol–water partition coefficient (Wildman–Crippen LogP) is 8.45. The Hall–Kier alpha value is -3.95. The molecule has 1 fully saturated rings. The summed E-state index contributed by atoms with van der Waals surface area (Å²) < 4.78 is 39.0. The van der Waals surface area contributed by atoms with E-state index in [-0.39, 0.29) is 5.56 Å². The highest BCUT2D eigenvalue weighted by Crippen LogP contribution is 2.49. The molecule has 0 saturated heterocycles. The number of hydrogen-bond acceptors (Lipinski definition) is 5. The molecule has 6 nitrogen and oxygen atoms in total. The highest BCUT2D eigenvalue weighted by atomic mass is 35.5. The molecule has 4 aromatic rings. The Balaban J connectivity index is 1.36. The molecule has 0 bridgehead atoms. The molecular weight excluding hydrogens is 560 g/mol. The minimum Gasteiger partial charge on any atom is -0.496 e. The predicted molar refractivity (Wildman–Crippen MR) is 150 cm³/mol. The van der Waals surface area contributed by atoms with E-state index < -0.39 is 35.2 Å². The summed E-state index contributed by atoms with van der Waals surface area (Å²) in [6, 6.07) is 17.5. The van der Waals surface area contributed by atoms with Crippen LogP contribution in [-0.4, -0.2) is 24.3 Å². The van der Waals surface area contributed by atoms with Crippen molar-refractivity contribution in [1.82, 2.24) is 0 Å². The Morgan fingerprint density at radius 3 is 2.38 bits per heavy atom. The van der Waals surface area contributed by atoms with Crippen molar-refractivity contribution in [2.75, 3.05) is 12.4 Å². The van der Waals surface area contributed by atoms with Gasteiger partial charge in [0.25, 0.3) is 0 Å². The first kappa shape index (κ1) is 27.6. The first-order valence-corrected chi connectivity index (χ1v) is 13.6. The SMILES string of the molecule is COc1cc(-c2sc(Cl)cc2NC(=O)OC(C)c2cc(F)ccc2F)ccc1-c1ccc(C2(C(=O)O)CC2)cc1. The van der Waals surface area contributed by atoms with Gasteiger partial charge in [0, 0.05) is 11.1 Å². The van der Waals surface area contributed by atoms with Gasteiger partial charge in [-0.25, -0.2) is 13.6 Å². The molecule has 1 aliphatic carbocycles. The third kappa shape index (κ3) is 5.39. The van der Waals surface area contributed by atoms with Gasteiger partial charge >= 0.3 is 12.1 Å². The minimum atomic E-state index is -1.04. The summed E-state index contributed by atoms with van der Waals surface area (Å²) in [5, 5.41) is 12.2. The maximum Gasteiger partial charge on any atom is 0.412 e. The first-order valence-electron chi connectivity index (χ1n) is 12.4. The summed E-state index contributed by atoms with van der Waals surface area (Å²) in [4.78, 5) is 24.9. The van der Waals surface area contributed by atoms with Crippen LogP contribution in [0, 0.1) is 11.6 Å². The van der Waals surface area contributed by atoms with E-state index in [0.717, 1.165) is 40.5 Å². The number of aliphatic carboxylic acids is 1. The van der Waals surface area contributed by atoms with Crippen molar-refractivity contribution < 1.29 is 33.0 Å². The van der Waals surface area contributed by atoms with E-state index in [1.54, 1.807) is 13.2 Å². The zero-order chi connectivity index (χ0) is 28.6. The van der Waals surface area contributed by atoms with Gasteiger partial charge in [0.2, 0.25) is 0 Å². The smallest absolute Gasteiger partial charge is 0.412 e. The number of hydrogen-bond donors (Lipinski definition) is 2. The van der Waals surface area contributed by atoms with E-state index in [4.69, 9.17) is 21.1 Å². The van der Waals surface area contributed by atoms with Crippen molar-refractivity contribution in [2.24, 2.45) is 0 Å². The number of thiophene rings is 1. The number of carboxylic acid groups (broad SMARTS) is 1. The molecule has 3 aromatic carbocycles. The van der Waals surface area contributed by atoms with Crippen molar-refractivity contribution in [3.63, 3.8) is 0 Å². The Morgan fingerprint density at radius 1 is 1.02 bits per heavy atom. The number of halogens is 3. The number of methoxy groups -OCH3 is 1. The number of carbonyl (C=O) groups is 2. The average Bonchev–Trinajstić information content (AvgIpc) is 3.67. The fourth-order valence-electron chi connectivity index (χ4n) is 4.65. The molecule has 2 N–H and O–H groups in total. The Kier molecular flexibility index (Phi) is 7.53. The number of nitrogens with one attached hydrogen (secondary N) is 1. The molecule has 0 radical (unpaired) electrons. The number of amides is 1. The fraction of sp³-hybridized carbons (Fsp3) is 0.200. The number of carbonyl (C=O) groups excluding carboxylic acids is 1. The standard InChI is InChI=1S/C30H24ClF2NO5S/c1-16(22-14-20(32)8-10-23(22)33)39-29(37)34-24-15-26(31)40-27(24)18-5-9-21(25(13-18)38-2)17-3-6-19(7-4-17)30(11-12-30)28(35)36/h3-10,13-16H,11-12H2,1-2H3,(H,34,37)(H,35,36). The lowest BCUT2D eigenvalue weighted by Gasteiger charge is -2.16. The molecule has 1 atom stereocenters. The number of rotatable bonds is 8. The van der Waals surface area contributed by atoms with Crippen LogP contribution in [0.5, 0.6) is 5.75 Å². The van der Waals surface area contributed by atoms with Crippen LogP contribution >= 0.6 is 22.9 Å². The monoisotopic (exact) mass is 583 g/mol. The minimum absolute atomic E-state index is 0.0812. The molecule has 1 unspecified atom stereocenters. The van der Waals surface area contributed by atoms with Gasteiger partial charge in [-0.15, -0.1) is 11.3 Å². The second kappa shape index (κ2) is 10.9. The zero-order valence-corrected chi connectivity index (χ0v) is 23.0. The molecule has 1 aliphatic rings. The number of anilines is 1. The highest BCUT2D eigenvalue weighted by Gasteiger charge is 2.51. The molecule has 1 saturated carbocycles. The van der Waals surface area contributed by atoms with E-state index in [1.807, 2.05) is 42.5 Å². The maximum atomic E-state index is 14.1. The largest absolute Gasteiger partial charge is 0.496 e. The molecule has 0 aliphatic heterocycles. The van der Waals surface area contributed by atoms with Gasteiger partial charge < -0.3 is 14.6 Å². The van der Waals surface area contributed by atoms with Gasteiger partial charge in [-0.3, -0.25) is 10.1 Å². The van der Waals surface area contributed by atoms with Gasteiger partial charge in [-0.1, -0.05) is 48.0 Å². The lowest BCUT2D eigenvalue weighted by Crippen LogP contribution is -2.19. The quantitative estimate of drug-likeness (QED) is 0.217. The second-order valence-corrected chi connectivity index (χ2v) is 11.2. The molecule has 10 heteroatoms. The topological polar surface area (TPSA) is 84.9 Å². The molecule has 1 amide bonds. The molecule has 5 rings (SSSR count). The van der Waals surface area contributed by atoms with Crippen molar-refractivity contribution in [1.29, 1.82) is 0 Å². The Morgan fingerprint density at radius 2 is 1.73 bits per heavy atom. The summed E-state index contributed by atoms with van der Waals surface area (Å²) in [5.41, 5.74) is 2.69. The molecule has 0 spiro atoms. The number of ether oxygens (including phenoxy) is 2. The van der Waals surface area contributed by atoms with Crippen LogP contribution in [0.4, 0.5) is 19.3 Å². The highest BCUT2D eigenvalue weighted by molar-refractivity contribution is 7.20. The number of benzene rings is 3. The molecule has 40 heavy (non-hydrogen) atoms. The molecule has 1 heterocycles. The van der Waals surface area contributed by atoms with Gasteiger partial charge in [0.1, 0.15) is 23.5 Å². The van der Waals surface area contributed by atoms with Crippen molar-refractivity contribution in [2.45, 2.75) is 31.3 Å². The summed E-state index contributed by atoms with van der Waals surface area (Å²) >= 11 is 7.52. The van der Waals surface area contributed by atoms with Crippen molar-refractivity contribution in [3.05, 3.63) is 93.8 Å². The van der Waals surface area contributed by atoms with Gasteiger partial charge in [0.05, 0.1) is 27.4 Å². The fourth-order valence-corrected chi connectivity index (χ4v) is 5.83. The molecule has 1 aromatic heterocycles. The van der Waals surface area contributed by atoms with Crippen LogP contribution in [0.15, 0.2) is 66.7 Å². The van der Waals surface area contributed by atoms with E-state index in [9.17, 15) is 23.5 Å². The van der Waals surface area contributed by atoms with E-state index in [2.05, 4.69) is 5.32 Å². The lowest BCUT2D eigenvalue weighted by molar-refractivity contribution is -0.140. The second-order valence-electron chi connectivity index (χ2n) is 9.51. The summed E-state index contributed by atoms with van der Waals surface area (Å²) in [6.45, 7) is 1.45. The first-order chi connectivity index (χ1) is 19.1. The van der Waals surface area contributed by atoms with Crippen LogP contribution < -0.4 is 10.1 Å². The van der Waals surface area contributed by atoms with Gasteiger partial charge in [-0.05, 0) is 66.8 Å². The van der Waals surface area contributed by atoms with Crippen LogP contribution in [0.2, 0.25) is 4.34 Å². The van der Waals surface area contributed by atoms with Crippen LogP contribution in [0.1, 0.15) is 37.0 Å². The van der Waals surface area contributed by atoms with Gasteiger partial charge in [0.15, 0.2) is 0 Å². The summed E-state index contributed by atoms with van der Waals surface area (Å²) in [7, 11) is 1.55. The lowest BCUT2D eigenvalue weighted by atomic mass is 9.93. The summed E-state index contributed by atoms with van der Waals surface area (Å²) in [6.07, 6.45) is -0.629. The Bertz CT molecular complexity index is 1600. The van der Waals surface area contributed by atoms with E-state index in [0.29, 0.717) is 33.5 Å². The summed E-state index contributed by atoms with van der Waals surface area (Å²) in [5.74, 6) is -1.56. The van der Waals surface area contributed by atoms with Crippen LogP contribution in [0.3, 0.4) is 0 Å². The van der Waals surface area contributed by atoms with Crippen molar-refractivity contribution in [3.8, 4) is 27.3 Å². The maximum absolute atomic E-state index is 14.1. The number of carboxylic acids is 1. The average molecular weight is 584 g/mol. The molecule has 206 valence electrons. The van der Waals surface area contributed by atoms with E-state index >= 15 is 0 Å². The normalized spacial score (nSPS) is 14.3. The van der Waals surface area contributed by atoms with E-state index in [1.165, 1.54) is 18.3 Å². The third-order valence-electron chi connectivity index (χ3n) is 6.99. The third-order valence-corrected chi connectivity index (χ3v) is 8.30. The van der Waals surface area contributed by atoms with Gasteiger partial charge in [-0.2, -0.15) is 0 Å². The Labute approximate surface area is 238 Å². The van der Waals surface area contributed by atoms with Crippen molar-refractivity contribution >= 4 is 40.7 Å². The van der Waals surface area contributed by atoms with Crippen LogP contribution in [-0.2, 0) is 14.9 Å². The zero-order valence-electron chi connectivity index (χ0n) is 21.5. The van der Waals surface area contributed by atoms with Crippen LogP contribution in [0.25, 0.3) is 21.6 Å². The molecular formula is C30H24ClF2NO5S.